The normalized spacial score (nSPS) is 12.2. The number of alkyl halides is 2. The first-order valence-electron chi connectivity index (χ1n) is 7.53. The zero-order valence-electron chi connectivity index (χ0n) is 13.7. The standard InChI is InChI=1S/C18H15F2NO5/c1-12(13-6-9-15(10-7-13)26-18(19)20)25-17(22)11-8-14-4-2-3-5-16(14)21(23)24/h2-12,18H,1H3/b11-8+. The number of nitrogens with zero attached hydrogens (tertiary/aromatic N) is 1. The van der Waals surface area contributed by atoms with Gasteiger partial charge in [-0.2, -0.15) is 8.78 Å². The molecule has 0 aliphatic carbocycles. The number of benzene rings is 2. The molecule has 0 aromatic heterocycles. The number of carbonyl (C=O) groups is 1. The topological polar surface area (TPSA) is 78.7 Å². The van der Waals surface area contributed by atoms with Gasteiger partial charge < -0.3 is 9.47 Å². The van der Waals surface area contributed by atoms with Crippen LogP contribution in [0.25, 0.3) is 6.08 Å². The quantitative estimate of drug-likeness (QED) is 0.313. The van der Waals surface area contributed by atoms with Gasteiger partial charge in [0.15, 0.2) is 0 Å². The minimum Gasteiger partial charge on any atom is -0.455 e. The fourth-order valence-electron chi connectivity index (χ4n) is 2.15. The number of nitro groups is 1. The van der Waals surface area contributed by atoms with Gasteiger partial charge in [-0.05, 0) is 36.8 Å². The molecule has 2 aromatic rings. The first-order valence-corrected chi connectivity index (χ1v) is 7.53. The van der Waals surface area contributed by atoms with Crippen LogP contribution in [0, 0.1) is 10.1 Å². The fourth-order valence-corrected chi connectivity index (χ4v) is 2.15. The number of hydrogen-bond acceptors (Lipinski definition) is 5. The number of hydrogen-bond donors (Lipinski definition) is 0. The summed E-state index contributed by atoms with van der Waals surface area (Å²) in [7, 11) is 0. The molecule has 0 fully saturated rings. The first-order chi connectivity index (χ1) is 12.4. The molecule has 2 rings (SSSR count). The summed E-state index contributed by atoms with van der Waals surface area (Å²) < 4.78 is 33.7. The maximum Gasteiger partial charge on any atom is 0.387 e. The molecule has 0 aliphatic heterocycles. The Morgan fingerprint density at radius 3 is 2.42 bits per heavy atom. The molecular weight excluding hydrogens is 348 g/mol. The number of para-hydroxylation sites is 1. The van der Waals surface area contributed by atoms with Gasteiger partial charge in [-0.1, -0.05) is 24.3 Å². The number of rotatable bonds is 7. The van der Waals surface area contributed by atoms with Crippen molar-refractivity contribution < 1.29 is 28.0 Å². The van der Waals surface area contributed by atoms with Gasteiger partial charge in [-0.25, -0.2) is 4.79 Å². The van der Waals surface area contributed by atoms with Crippen molar-refractivity contribution >= 4 is 17.7 Å². The zero-order chi connectivity index (χ0) is 19.1. The molecule has 6 nitrogen and oxygen atoms in total. The predicted octanol–water partition coefficient (Wildman–Crippen LogP) is 4.51. The Kier molecular flexibility index (Phi) is 6.37. The molecule has 0 N–H and O–H groups in total. The number of esters is 1. The van der Waals surface area contributed by atoms with Gasteiger partial charge in [0.2, 0.25) is 0 Å². The van der Waals surface area contributed by atoms with Crippen LogP contribution in [0.2, 0.25) is 0 Å². The Morgan fingerprint density at radius 1 is 1.15 bits per heavy atom. The first kappa shape index (κ1) is 19.0. The summed E-state index contributed by atoms with van der Waals surface area (Å²) >= 11 is 0. The maximum absolute atomic E-state index is 12.1. The van der Waals surface area contributed by atoms with Gasteiger partial charge >= 0.3 is 12.6 Å². The van der Waals surface area contributed by atoms with Crippen LogP contribution in [-0.2, 0) is 9.53 Å². The molecule has 0 heterocycles. The summed E-state index contributed by atoms with van der Waals surface area (Å²) in [6.07, 6.45) is 1.75. The lowest BCUT2D eigenvalue weighted by Gasteiger charge is -2.13. The lowest BCUT2D eigenvalue weighted by atomic mass is 10.1. The van der Waals surface area contributed by atoms with Crippen LogP contribution in [0.4, 0.5) is 14.5 Å². The third kappa shape index (κ3) is 5.37. The summed E-state index contributed by atoms with van der Waals surface area (Å²) in [5.74, 6) is -0.692. The van der Waals surface area contributed by atoms with E-state index < -0.39 is 23.6 Å². The van der Waals surface area contributed by atoms with E-state index in [4.69, 9.17) is 4.74 Å². The second kappa shape index (κ2) is 8.70. The zero-order valence-corrected chi connectivity index (χ0v) is 13.7. The summed E-state index contributed by atoms with van der Waals surface area (Å²) in [6, 6.07) is 11.7. The number of halogens is 2. The van der Waals surface area contributed by atoms with Crippen LogP contribution in [0.5, 0.6) is 5.75 Å². The van der Waals surface area contributed by atoms with E-state index in [0.717, 1.165) is 6.08 Å². The third-order valence-corrected chi connectivity index (χ3v) is 3.40. The smallest absolute Gasteiger partial charge is 0.387 e. The highest BCUT2D eigenvalue weighted by Gasteiger charge is 2.13. The summed E-state index contributed by atoms with van der Waals surface area (Å²) in [5, 5.41) is 10.9. The maximum atomic E-state index is 12.1. The number of ether oxygens (including phenoxy) is 2. The lowest BCUT2D eigenvalue weighted by molar-refractivity contribution is -0.385. The molecule has 26 heavy (non-hydrogen) atoms. The highest BCUT2D eigenvalue weighted by Crippen LogP contribution is 2.22. The van der Waals surface area contributed by atoms with E-state index in [2.05, 4.69) is 4.74 Å². The summed E-state index contributed by atoms with van der Waals surface area (Å²) in [6.45, 7) is -1.30. The van der Waals surface area contributed by atoms with Crippen LogP contribution in [0.15, 0.2) is 54.6 Å². The average Bonchev–Trinajstić information content (AvgIpc) is 2.60. The van der Waals surface area contributed by atoms with Crippen molar-refractivity contribution in [2.75, 3.05) is 0 Å². The van der Waals surface area contributed by atoms with Crippen LogP contribution in [0.1, 0.15) is 24.2 Å². The third-order valence-electron chi connectivity index (χ3n) is 3.40. The largest absolute Gasteiger partial charge is 0.455 e. The molecular formula is C18H15F2NO5. The molecule has 0 amide bonds. The minimum atomic E-state index is -2.91. The van der Waals surface area contributed by atoms with Crippen molar-refractivity contribution in [3.8, 4) is 5.75 Å². The number of nitro benzene ring substituents is 1. The van der Waals surface area contributed by atoms with Crippen molar-refractivity contribution in [2.45, 2.75) is 19.6 Å². The molecule has 0 saturated carbocycles. The van der Waals surface area contributed by atoms with Crippen molar-refractivity contribution in [3.05, 3.63) is 75.8 Å². The predicted molar refractivity (Wildman–Crippen MR) is 89.7 cm³/mol. The Labute approximate surface area is 147 Å². The monoisotopic (exact) mass is 363 g/mol. The van der Waals surface area contributed by atoms with E-state index in [1.165, 1.54) is 48.5 Å². The molecule has 8 heteroatoms. The minimum absolute atomic E-state index is 0.00133. The van der Waals surface area contributed by atoms with Gasteiger partial charge in [0.1, 0.15) is 11.9 Å². The Bertz CT molecular complexity index is 805. The molecule has 136 valence electrons. The van der Waals surface area contributed by atoms with Crippen molar-refractivity contribution in [3.63, 3.8) is 0 Å². The molecule has 2 aromatic carbocycles. The van der Waals surface area contributed by atoms with Crippen molar-refractivity contribution in [2.24, 2.45) is 0 Å². The summed E-state index contributed by atoms with van der Waals surface area (Å²) in [5.41, 5.74) is 0.730. The van der Waals surface area contributed by atoms with E-state index in [1.54, 1.807) is 13.0 Å². The Balaban J connectivity index is 2.00. The molecule has 0 spiro atoms. The highest BCUT2D eigenvalue weighted by molar-refractivity contribution is 5.88. The van der Waals surface area contributed by atoms with E-state index >= 15 is 0 Å². The SMILES string of the molecule is CC(OC(=O)/C=C/c1ccccc1[N+](=O)[O-])c1ccc(OC(F)F)cc1. The van der Waals surface area contributed by atoms with Crippen molar-refractivity contribution in [1.29, 1.82) is 0 Å². The molecule has 0 aliphatic rings. The Hall–Kier alpha value is -3.29. The average molecular weight is 363 g/mol. The van der Waals surface area contributed by atoms with Gasteiger partial charge in [-0.3, -0.25) is 10.1 Å². The van der Waals surface area contributed by atoms with Crippen molar-refractivity contribution in [1.82, 2.24) is 0 Å². The van der Waals surface area contributed by atoms with Gasteiger partial charge in [0.05, 0.1) is 10.5 Å². The lowest BCUT2D eigenvalue weighted by Crippen LogP contribution is -2.06. The second-order valence-electron chi connectivity index (χ2n) is 5.18. The Morgan fingerprint density at radius 2 is 1.81 bits per heavy atom. The van der Waals surface area contributed by atoms with E-state index in [-0.39, 0.29) is 17.0 Å². The molecule has 1 unspecified atom stereocenters. The van der Waals surface area contributed by atoms with E-state index in [9.17, 15) is 23.7 Å². The molecule has 0 bridgehead atoms. The van der Waals surface area contributed by atoms with E-state index in [0.29, 0.717) is 5.56 Å². The van der Waals surface area contributed by atoms with Gasteiger partial charge in [0.25, 0.3) is 5.69 Å². The van der Waals surface area contributed by atoms with E-state index in [1.807, 2.05) is 0 Å². The van der Waals surface area contributed by atoms with Gasteiger partial charge in [0, 0.05) is 12.1 Å². The molecule has 1 atom stereocenters. The molecule has 0 saturated heterocycles. The number of carbonyl (C=O) groups excluding carboxylic acids is 1. The van der Waals surface area contributed by atoms with Crippen LogP contribution >= 0.6 is 0 Å². The second-order valence-corrected chi connectivity index (χ2v) is 5.18. The van der Waals surface area contributed by atoms with Crippen LogP contribution < -0.4 is 4.74 Å². The van der Waals surface area contributed by atoms with Gasteiger partial charge in [-0.15, -0.1) is 0 Å². The fraction of sp³-hybridized carbons (Fsp3) is 0.167. The molecule has 0 radical (unpaired) electrons. The van der Waals surface area contributed by atoms with Crippen LogP contribution in [-0.4, -0.2) is 17.5 Å². The van der Waals surface area contributed by atoms with Crippen LogP contribution in [0.3, 0.4) is 0 Å². The highest BCUT2D eigenvalue weighted by atomic mass is 19.3. The summed E-state index contributed by atoms with van der Waals surface area (Å²) in [4.78, 5) is 22.3.